The first kappa shape index (κ1) is 20.0. The second kappa shape index (κ2) is 6.91. The van der Waals surface area contributed by atoms with Gasteiger partial charge in [0, 0.05) is 49.4 Å². The zero-order chi connectivity index (χ0) is 21.1. The van der Waals surface area contributed by atoms with Crippen LogP contribution in [-0.4, -0.2) is 53.0 Å². The fraction of sp³-hybridized carbons (Fsp3) is 0.474. The fourth-order valence-electron chi connectivity index (χ4n) is 4.31. The topological polar surface area (TPSA) is 65.8 Å². The highest BCUT2D eigenvalue weighted by molar-refractivity contribution is 6.34. The van der Waals surface area contributed by atoms with Gasteiger partial charge in [0.05, 0.1) is 16.2 Å². The summed E-state index contributed by atoms with van der Waals surface area (Å²) in [6.45, 7) is 1.92. The molecule has 1 aromatic heterocycles. The van der Waals surface area contributed by atoms with E-state index in [1.54, 1.807) is 4.57 Å². The number of anilines is 1. The van der Waals surface area contributed by atoms with Crippen molar-refractivity contribution >= 4 is 34.2 Å². The molecule has 1 N–H and O–H groups in total. The minimum absolute atomic E-state index is 0.0141. The molecule has 10 heteroatoms. The Morgan fingerprint density at radius 2 is 1.90 bits per heavy atom. The van der Waals surface area contributed by atoms with E-state index in [4.69, 9.17) is 11.6 Å². The molecule has 0 radical (unpaired) electrons. The fourth-order valence-corrected chi connectivity index (χ4v) is 4.65. The molecule has 1 aromatic carbocycles. The lowest BCUT2D eigenvalue weighted by Gasteiger charge is -2.39. The van der Waals surface area contributed by atoms with Gasteiger partial charge >= 0.3 is 12.3 Å². The van der Waals surface area contributed by atoms with Crippen molar-refractivity contribution in [2.45, 2.75) is 32.1 Å². The number of aromatic nitrogens is 1. The van der Waals surface area contributed by atoms with Crippen LogP contribution in [0.4, 0.5) is 18.9 Å². The smallest absolute Gasteiger partial charge is 0.460 e. The zero-order valence-electron chi connectivity index (χ0n) is 15.6. The Bertz CT molecular complexity index is 1060. The number of carboxylic acid groups (broad SMARTS) is 1. The van der Waals surface area contributed by atoms with Gasteiger partial charge < -0.3 is 14.6 Å². The third-order valence-electron chi connectivity index (χ3n) is 5.81. The van der Waals surface area contributed by atoms with Crippen molar-refractivity contribution in [1.29, 1.82) is 0 Å². The van der Waals surface area contributed by atoms with Crippen molar-refractivity contribution in [3.05, 3.63) is 38.6 Å². The molecule has 1 saturated heterocycles. The predicted molar refractivity (Wildman–Crippen MR) is 103 cm³/mol. The number of pyridine rings is 1. The molecule has 2 aliphatic heterocycles. The van der Waals surface area contributed by atoms with Gasteiger partial charge in [0.15, 0.2) is 0 Å². The van der Waals surface area contributed by atoms with Crippen molar-refractivity contribution in [2.24, 2.45) is 0 Å². The molecule has 0 spiro atoms. The second-order valence-corrected chi connectivity index (χ2v) is 7.90. The second-order valence-electron chi connectivity index (χ2n) is 7.50. The molecule has 0 aliphatic carbocycles. The molecule has 4 rings (SSSR count). The maximum Gasteiger partial charge on any atom is 0.460 e. The number of carboxylic acids is 1. The van der Waals surface area contributed by atoms with Gasteiger partial charge in [0.2, 0.25) is 5.43 Å². The molecule has 2 aromatic rings. The van der Waals surface area contributed by atoms with Gasteiger partial charge in [0.1, 0.15) is 5.56 Å². The zero-order valence-corrected chi connectivity index (χ0v) is 16.3. The van der Waals surface area contributed by atoms with E-state index in [9.17, 15) is 27.9 Å². The lowest BCUT2D eigenvalue weighted by Crippen LogP contribution is -2.52. The van der Waals surface area contributed by atoms with Crippen molar-refractivity contribution < 1.29 is 23.1 Å². The van der Waals surface area contributed by atoms with E-state index in [0.29, 0.717) is 28.9 Å². The van der Waals surface area contributed by atoms with Gasteiger partial charge in [-0.15, -0.1) is 0 Å². The van der Waals surface area contributed by atoms with E-state index >= 15 is 0 Å². The summed E-state index contributed by atoms with van der Waals surface area (Å²) >= 11 is 6.49. The molecule has 2 aliphatic rings. The number of alkyl halides is 3. The molecule has 1 atom stereocenters. The number of aromatic carboxylic acids is 1. The van der Waals surface area contributed by atoms with Crippen LogP contribution in [-0.2, 0) is 6.42 Å². The summed E-state index contributed by atoms with van der Waals surface area (Å²) in [5, 5.41) is 9.87. The van der Waals surface area contributed by atoms with Crippen molar-refractivity contribution in [1.82, 2.24) is 9.47 Å². The first-order chi connectivity index (χ1) is 13.6. The number of rotatable bonds is 2. The summed E-state index contributed by atoms with van der Waals surface area (Å²) in [5.74, 6) is -1.30. The van der Waals surface area contributed by atoms with Crippen molar-refractivity contribution in [3.63, 3.8) is 0 Å². The summed E-state index contributed by atoms with van der Waals surface area (Å²) in [6, 6.07) is 1.44. The number of hydrogen-bond donors (Lipinski definition) is 1. The Morgan fingerprint density at radius 3 is 2.48 bits per heavy atom. The van der Waals surface area contributed by atoms with Gasteiger partial charge in [-0.05, 0) is 25.8 Å². The van der Waals surface area contributed by atoms with Crippen LogP contribution < -0.4 is 10.3 Å². The Kier molecular flexibility index (Phi) is 4.77. The first-order valence-corrected chi connectivity index (χ1v) is 9.67. The first-order valence-electron chi connectivity index (χ1n) is 9.30. The molecular formula is C19H19ClF3N3O3. The number of halogens is 4. The number of nitrogens with zero attached hydrogens (tertiary/aromatic N) is 3. The van der Waals surface area contributed by atoms with Crippen molar-refractivity contribution in [2.75, 3.05) is 31.1 Å². The molecule has 0 bridgehead atoms. The van der Waals surface area contributed by atoms with Gasteiger partial charge in [-0.2, -0.15) is 13.2 Å². The van der Waals surface area contributed by atoms with E-state index in [1.165, 1.54) is 12.3 Å². The molecule has 0 saturated carbocycles. The minimum Gasteiger partial charge on any atom is -0.477 e. The van der Waals surface area contributed by atoms with Crippen LogP contribution in [0.3, 0.4) is 0 Å². The Morgan fingerprint density at radius 1 is 1.24 bits per heavy atom. The highest BCUT2D eigenvalue weighted by atomic mass is 35.5. The third-order valence-corrected chi connectivity index (χ3v) is 6.10. The summed E-state index contributed by atoms with van der Waals surface area (Å²) in [6.07, 6.45) is -1.69. The molecule has 29 heavy (non-hydrogen) atoms. The van der Waals surface area contributed by atoms with E-state index in [2.05, 4.69) is 0 Å². The number of hydrogen-bond acceptors (Lipinski definition) is 4. The van der Waals surface area contributed by atoms with Crippen LogP contribution in [0, 0.1) is 0 Å². The highest BCUT2D eigenvalue weighted by Gasteiger charge is 2.39. The van der Waals surface area contributed by atoms with Crippen LogP contribution >= 0.6 is 11.6 Å². The van der Waals surface area contributed by atoms with Gasteiger partial charge in [0.25, 0.3) is 0 Å². The van der Waals surface area contributed by atoms with E-state index in [-0.39, 0.29) is 48.2 Å². The summed E-state index contributed by atoms with van der Waals surface area (Å²) in [5.41, 5.74) is 1.13. The van der Waals surface area contributed by atoms with Gasteiger partial charge in [-0.3, -0.25) is 4.79 Å². The maximum absolute atomic E-state index is 13.0. The van der Waals surface area contributed by atoms with E-state index in [1.807, 2.05) is 11.8 Å². The monoisotopic (exact) mass is 429 g/mol. The van der Waals surface area contributed by atoms with Crippen molar-refractivity contribution in [3.8, 4) is 0 Å². The summed E-state index contributed by atoms with van der Waals surface area (Å²) in [7, 11) is 0. The molecule has 1 unspecified atom stereocenters. The average molecular weight is 430 g/mol. The minimum atomic E-state index is -4.36. The van der Waals surface area contributed by atoms with Crippen LogP contribution in [0.25, 0.3) is 10.9 Å². The number of carbonyl (C=O) groups is 1. The Hall–Kier alpha value is -2.26. The lowest BCUT2D eigenvalue weighted by atomic mass is 9.93. The Labute approximate surface area is 169 Å². The lowest BCUT2D eigenvalue weighted by molar-refractivity contribution is -0.246. The molecule has 0 amide bonds. The standard InChI is InChI=1S/C19H19ClF3N3O3/c1-10-2-3-11-15-12(17(27)13(18(28)29)9-26(10)15)8-14(20)16(11)24-4-6-25(7-5-24)19(21,22)23/h8-10H,2-7H2,1H3,(H,28,29). The normalized spacial score (nSPS) is 20.3. The average Bonchev–Trinajstić information content (AvgIpc) is 2.65. The number of aryl methyl sites for hydroxylation is 1. The molecule has 3 heterocycles. The van der Waals surface area contributed by atoms with Crippen LogP contribution in [0.5, 0.6) is 0 Å². The highest BCUT2D eigenvalue weighted by Crippen LogP contribution is 2.41. The maximum atomic E-state index is 13.0. The molecular weight excluding hydrogens is 411 g/mol. The summed E-state index contributed by atoms with van der Waals surface area (Å²) in [4.78, 5) is 26.5. The van der Waals surface area contributed by atoms with E-state index in [0.717, 1.165) is 5.56 Å². The molecule has 6 nitrogen and oxygen atoms in total. The molecule has 1 fully saturated rings. The van der Waals surface area contributed by atoms with Gasteiger partial charge in [-0.1, -0.05) is 11.6 Å². The van der Waals surface area contributed by atoms with Crippen LogP contribution in [0.15, 0.2) is 17.1 Å². The number of benzene rings is 1. The number of piperazine rings is 1. The van der Waals surface area contributed by atoms with Crippen LogP contribution in [0.1, 0.15) is 35.3 Å². The largest absolute Gasteiger partial charge is 0.477 e. The third kappa shape index (κ3) is 3.26. The Balaban J connectivity index is 1.86. The van der Waals surface area contributed by atoms with E-state index < -0.39 is 17.7 Å². The SMILES string of the molecule is CC1CCc2c(N3CCN(C(F)(F)F)CC3)c(Cl)cc3c(=O)c(C(=O)O)cn1c23. The predicted octanol–water partition coefficient (Wildman–Crippen LogP) is 3.50. The van der Waals surface area contributed by atoms with Gasteiger partial charge in [-0.25, -0.2) is 9.69 Å². The molecule has 156 valence electrons. The summed E-state index contributed by atoms with van der Waals surface area (Å²) < 4.78 is 40.6. The van der Waals surface area contributed by atoms with Crippen LogP contribution in [0.2, 0.25) is 5.02 Å². The quantitative estimate of drug-likeness (QED) is 0.740.